The van der Waals surface area contributed by atoms with Gasteiger partial charge in [0.25, 0.3) is 0 Å². The normalized spacial score (nSPS) is 10.2. The Bertz CT molecular complexity index is 599. The first-order chi connectivity index (χ1) is 8.22. The van der Waals surface area contributed by atoms with Gasteiger partial charge in [-0.3, -0.25) is 4.79 Å². The van der Waals surface area contributed by atoms with Gasteiger partial charge in [-0.2, -0.15) is 0 Å². The molecule has 0 amide bonds. The van der Waals surface area contributed by atoms with Crippen molar-refractivity contribution in [2.24, 2.45) is 0 Å². The first-order valence-electron chi connectivity index (χ1n) is 5.19. The van der Waals surface area contributed by atoms with Crippen LogP contribution in [0.25, 0.3) is 11.3 Å². The Morgan fingerprint density at radius 3 is 2.71 bits per heavy atom. The molecule has 0 aliphatic heterocycles. The number of aromatic nitrogens is 2. The van der Waals surface area contributed by atoms with E-state index in [2.05, 4.69) is 9.97 Å². The van der Waals surface area contributed by atoms with Crippen molar-refractivity contribution in [2.75, 3.05) is 6.26 Å². The molecule has 0 radical (unpaired) electrons. The maximum Gasteiger partial charge on any atom is 0.190 e. The second-order valence-corrected chi connectivity index (χ2v) is 4.35. The summed E-state index contributed by atoms with van der Waals surface area (Å²) >= 11 is 1.46. The summed E-state index contributed by atoms with van der Waals surface area (Å²) in [7, 11) is 0. The molecule has 4 heteroatoms. The number of rotatable bonds is 2. The van der Waals surface area contributed by atoms with Gasteiger partial charge in [0.05, 0.1) is 5.69 Å². The Kier molecular flexibility index (Phi) is 3.54. The molecule has 17 heavy (non-hydrogen) atoms. The maximum atomic E-state index is 12.1. The molecule has 0 saturated carbocycles. The highest BCUT2D eigenvalue weighted by atomic mass is 32.2. The third kappa shape index (κ3) is 2.53. The summed E-state index contributed by atoms with van der Waals surface area (Å²) < 4.78 is 0. The maximum absolute atomic E-state index is 12.1. The molecule has 0 saturated heterocycles. The Labute approximate surface area is 104 Å². The molecule has 1 aromatic carbocycles. The lowest BCUT2D eigenvalue weighted by atomic mass is 10.1. The van der Waals surface area contributed by atoms with Gasteiger partial charge in [-0.05, 0) is 30.9 Å². The fraction of sp³-hybridized carbons (Fsp3) is 0.154. The molecule has 0 aliphatic carbocycles. The minimum Gasteiger partial charge on any atom is -0.289 e. The monoisotopic (exact) mass is 244 g/mol. The van der Waals surface area contributed by atoms with E-state index in [1.54, 1.807) is 18.3 Å². The first-order valence-corrected chi connectivity index (χ1v) is 6.42. The molecule has 0 bridgehead atoms. The lowest BCUT2D eigenvalue weighted by Crippen LogP contribution is -2.05. The van der Waals surface area contributed by atoms with Gasteiger partial charge in [-0.1, -0.05) is 30.0 Å². The molecule has 1 aromatic heterocycles. The lowest BCUT2D eigenvalue weighted by molar-refractivity contribution is 0.975. The van der Waals surface area contributed by atoms with Crippen LogP contribution in [-0.4, -0.2) is 16.2 Å². The Morgan fingerprint density at radius 1 is 1.18 bits per heavy atom. The van der Waals surface area contributed by atoms with E-state index in [-0.39, 0.29) is 5.43 Å². The van der Waals surface area contributed by atoms with E-state index in [4.69, 9.17) is 0 Å². The number of aryl methyl sites for hydroxylation is 1. The van der Waals surface area contributed by atoms with E-state index < -0.39 is 0 Å². The molecule has 0 N–H and O–H groups in total. The van der Waals surface area contributed by atoms with Crippen LogP contribution in [-0.2, 0) is 0 Å². The van der Waals surface area contributed by atoms with Gasteiger partial charge in [0.1, 0.15) is 0 Å². The Hall–Kier alpha value is -1.68. The van der Waals surface area contributed by atoms with Crippen molar-refractivity contribution in [1.29, 1.82) is 0 Å². The van der Waals surface area contributed by atoms with Gasteiger partial charge in [0.15, 0.2) is 10.6 Å². The van der Waals surface area contributed by atoms with E-state index in [0.29, 0.717) is 22.0 Å². The summed E-state index contributed by atoms with van der Waals surface area (Å²) in [5, 5.41) is 0.672. The SMILES string of the molecule is CSc1nccc(-c2ccccc(C)c2=O)n1. The molecular formula is C13H12N2OS. The molecule has 0 aliphatic rings. The van der Waals surface area contributed by atoms with Crippen LogP contribution in [0.5, 0.6) is 0 Å². The summed E-state index contributed by atoms with van der Waals surface area (Å²) in [6.07, 6.45) is 3.59. The van der Waals surface area contributed by atoms with Crippen LogP contribution in [0.4, 0.5) is 0 Å². The van der Waals surface area contributed by atoms with Gasteiger partial charge in [-0.25, -0.2) is 9.97 Å². The summed E-state index contributed by atoms with van der Waals surface area (Å²) in [6.45, 7) is 1.81. The van der Waals surface area contributed by atoms with E-state index in [9.17, 15) is 4.79 Å². The smallest absolute Gasteiger partial charge is 0.190 e. The average Bonchev–Trinajstić information content (AvgIpc) is 2.53. The summed E-state index contributed by atoms with van der Waals surface area (Å²) in [6, 6.07) is 9.07. The van der Waals surface area contributed by atoms with Crippen molar-refractivity contribution in [3.8, 4) is 11.3 Å². The fourth-order valence-corrected chi connectivity index (χ4v) is 1.86. The Balaban J connectivity index is 2.65. The van der Waals surface area contributed by atoms with Crippen molar-refractivity contribution in [3.63, 3.8) is 0 Å². The van der Waals surface area contributed by atoms with Crippen LogP contribution in [0.2, 0.25) is 0 Å². The molecule has 0 spiro atoms. The molecule has 2 aromatic rings. The van der Waals surface area contributed by atoms with Crippen LogP contribution in [0.3, 0.4) is 0 Å². The van der Waals surface area contributed by atoms with Crippen molar-refractivity contribution in [3.05, 3.63) is 52.3 Å². The molecule has 86 valence electrons. The standard InChI is InChI=1S/C13H12N2OS/c1-9-5-3-4-6-10(12(9)16)11-7-8-14-13(15-11)17-2/h3-8H,1-2H3. The van der Waals surface area contributed by atoms with E-state index in [1.807, 2.05) is 31.4 Å². The quantitative estimate of drug-likeness (QED) is 0.601. The number of hydrogen-bond acceptors (Lipinski definition) is 4. The zero-order valence-corrected chi connectivity index (χ0v) is 10.5. The highest BCUT2D eigenvalue weighted by Crippen LogP contribution is 2.15. The molecule has 0 fully saturated rings. The van der Waals surface area contributed by atoms with E-state index in [0.717, 1.165) is 0 Å². The van der Waals surface area contributed by atoms with E-state index in [1.165, 1.54) is 11.8 Å². The van der Waals surface area contributed by atoms with Crippen LogP contribution < -0.4 is 5.43 Å². The highest BCUT2D eigenvalue weighted by Gasteiger charge is 2.05. The average molecular weight is 244 g/mol. The van der Waals surface area contributed by atoms with E-state index >= 15 is 0 Å². The third-order valence-electron chi connectivity index (χ3n) is 2.42. The zero-order valence-electron chi connectivity index (χ0n) is 9.68. The van der Waals surface area contributed by atoms with Crippen LogP contribution in [0.1, 0.15) is 5.56 Å². The zero-order chi connectivity index (χ0) is 12.3. The predicted molar refractivity (Wildman–Crippen MR) is 70.3 cm³/mol. The van der Waals surface area contributed by atoms with Crippen molar-refractivity contribution in [1.82, 2.24) is 9.97 Å². The Morgan fingerprint density at radius 2 is 1.94 bits per heavy atom. The van der Waals surface area contributed by atoms with Gasteiger partial charge < -0.3 is 0 Å². The molecule has 1 heterocycles. The van der Waals surface area contributed by atoms with Crippen LogP contribution in [0.15, 0.2) is 46.5 Å². The summed E-state index contributed by atoms with van der Waals surface area (Å²) in [5.74, 6) is 0. The molecular weight excluding hydrogens is 232 g/mol. The predicted octanol–water partition coefficient (Wildman–Crippen LogP) is 2.53. The van der Waals surface area contributed by atoms with Crippen LogP contribution >= 0.6 is 11.8 Å². The van der Waals surface area contributed by atoms with Gasteiger partial charge in [0.2, 0.25) is 0 Å². The minimum absolute atomic E-state index is 0.0146. The number of thioether (sulfide) groups is 1. The van der Waals surface area contributed by atoms with Crippen molar-refractivity contribution in [2.45, 2.75) is 12.1 Å². The highest BCUT2D eigenvalue weighted by molar-refractivity contribution is 7.98. The number of hydrogen-bond donors (Lipinski definition) is 0. The lowest BCUT2D eigenvalue weighted by Gasteiger charge is -1.99. The largest absolute Gasteiger partial charge is 0.289 e. The minimum atomic E-state index is 0.0146. The third-order valence-corrected chi connectivity index (χ3v) is 2.98. The fourth-order valence-electron chi connectivity index (χ4n) is 1.51. The molecule has 0 unspecified atom stereocenters. The molecule has 0 atom stereocenters. The van der Waals surface area contributed by atoms with Gasteiger partial charge in [-0.15, -0.1) is 0 Å². The molecule has 3 nitrogen and oxygen atoms in total. The van der Waals surface area contributed by atoms with Gasteiger partial charge in [0, 0.05) is 11.8 Å². The number of nitrogens with zero attached hydrogens (tertiary/aromatic N) is 2. The first kappa shape index (κ1) is 11.8. The van der Waals surface area contributed by atoms with Crippen molar-refractivity contribution < 1.29 is 0 Å². The van der Waals surface area contributed by atoms with Crippen LogP contribution in [0, 0.1) is 6.92 Å². The second-order valence-electron chi connectivity index (χ2n) is 3.57. The van der Waals surface area contributed by atoms with Crippen molar-refractivity contribution >= 4 is 11.8 Å². The molecule has 2 rings (SSSR count). The summed E-state index contributed by atoms with van der Waals surface area (Å²) in [4.78, 5) is 20.5. The topological polar surface area (TPSA) is 42.9 Å². The van der Waals surface area contributed by atoms with Gasteiger partial charge >= 0.3 is 0 Å². The summed E-state index contributed by atoms with van der Waals surface area (Å²) in [5.41, 5.74) is 2.02. The second kappa shape index (κ2) is 5.10.